The number of aromatic hydroxyl groups is 1. The van der Waals surface area contributed by atoms with Crippen molar-refractivity contribution in [2.75, 3.05) is 5.32 Å². The highest BCUT2D eigenvalue weighted by atomic mass is 16.4. The molecule has 1 heterocycles. The summed E-state index contributed by atoms with van der Waals surface area (Å²) in [6.45, 7) is 0. The molecule has 7 nitrogen and oxygen atoms in total. The van der Waals surface area contributed by atoms with E-state index in [1.165, 1.54) is 12.1 Å². The first kappa shape index (κ1) is 16.0. The lowest BCUT2D eigenvalue weighted by Gasteiger charge is -2.11. The molecule has 1 aliphatic carbocycles. The second kappa shape index (κ2) is 6.11. The summed E-state index contributed by atoms with van der Waals surface area (Å²) in [7, 11) is 0. The molecular weight excluding hydrogens is 334 g/mol. The number of benzene rings is 2. The predicted molar refractivity (Wildman–Crippen MR) is 94.5 cm³/mol. The zero-order chi connectivity index (χ0) is 18.3. The largest absolute Gasteiger partial charge is 0.506 e. The van der Waals surface area contributed by atoms with E-state index in [-0.39, 0.29) is 28.6 Å². The van der Waals surface area contributed by atoms with Crippen LogP contribution in [0.5, 0.6) is 5.75 Å². The van der Waals surface area contributed by atoms with Crippen LogP contribution in [0.1, 0.15) is 45.3 Å². The van der Waals surface area contributed by atoms with E-state index in [4.69, 9.17) is 5.11 Å². The van der Waals surface area contributed by atoms with Gasteiger partial charge in [0.2, 0.25) is 0 Å². The number of hydrogen-bond acceptors (Lipinski definition) is 5. The minimum atomic E-state index is -1.16. The van der Waals surface area contributed by atoms with E-state index in [9.17, 15) is 14.7 Å². The molecule has 1 fully saturated rings. The van der Waals surface area contributed by atoms with Crippen LogP contribution >= 0.6 is 0 Å². The lowest BCUT2D eigenvalue weighted by molar-refractivity contribution is 0.0696. The monoisotopic (exact) mass is 349 g/mol. The molecule has 3 aromatic rings. The van der Waals surface area contributed by atoms with Crippen LogP contribution in [0.3, 0.4) is 0 Å². The summed E-state index contributed by atoms with van der Waals surface area (Å²) in [5.74, 6) is -1.74. The summed E-state index contributed by atoms with van der Waals surface area (Å²) < 4.78 is 0. The van der Waals surface area contributed by atoms with Crippen LogP contribution in [0.4, 0.5) is 5.69 Å². The molecule has 0 radical (unpaired) electrons. The zero-order valence-electron chi connectivity index (χ0n) is 13.6. The van der Waals surface area contributed by atoms with E-state index in [1.807, 2.05) is 18.2 Å². The van der Waals surface area contributed by atoms with Gasteiger partial charge in [0, 0.05) is 5.92 Å². The Morgan fingerprint density at radius 3 is 2.35 bits per heavy atom. The van der Waals surface area contributed by atoms with Gasteiger partial charge in [-0.2, -0.15) is 0 Å². The number of carboxylic acid groups (broad SMARTS) is 1. The molecule has 7 heteroatoms. The molecule has 26 heavy (non-hydrogen) atoms. The van der Waals surface area contributed by atoms with Gasteiger partial charge in [-0.25, -0.2) is 14.8 Å². The number of para-hydroxylation sites is 2. The number of carbonyl (C=O) groups excluding carboxylic acids is 1. The number of rotatable bonds is 4. The van der Waals surface area contributed by atoms with Crippen molar-refractivity contribution in [2.45, 2.75) is 18.8 Å². The molecule has 0 saturated heterocycles. The SMILES string of the molecule is O=C(O)c1ccc(NC(=O)c2nc3ccccc3nc2C2CC2)c(O)c1. The molecule has 0 unspecified atom stereocenters. The van der Waals surface area contributed by atoms with Gasteiger partial charge in [-0.15, -0.1) is 0 Å². The second-order valence-corrected chi connectivity index (χ2v) is 6.21. The highest BCUT2D eigenvalue weighted by molar-refractivity contribution is 6.05. The third-order valence-corrected chi connectivity index (χ3v) is 4.27. The molecule has 3 N–H and O–H groups in total. The smallest absolute Gasteiger partial charge is 0.335 e. The minimum absolute atomic E-state index is 0.0651. The van der Waals surface area contributed by atoms with Gasteiger partial charge in [-0.1, -0.05) is 12.1 Å². The van der Waals surface area contributed by atoms with E-state index in [0.29, 0.717) is 11.2 Å². The highest BCUT2D eigenvalue weighted by Gasteiger charge is 2.31. The average Bonchev–Trinajstić information content (AvgIpc) is 3.47. The normalized spacial score (nSPS) is 13.5. The van der Waals surface area contributed by atoms with Crippen LogP contribution in [0, 0.1) is 0 Å². The molecule has 4 rings (SSSR count). The van der Waals surface area contributed by atoms with Crippen molar-refractivity contribution in [3.05, 3.63) is 59.4 Å². The Morgan fingerprint density at radius 1 is 1.04 bits per heavy atom. The summed E-state index contributed by atoms with van der Waals surface area (Å²) in [6.07, 6.45) is 1.93. The lowest BCUT2D eigenvalue weighted by atomic mass is 10.1. The van der Waals surface area contributed by atoms with Crippen molar-refractivity contribution >= 4 is 28.6 Å². The van der Waals surface area contributed by atoms with Crippen molar-refractivity contribution < 1.29 is 19.8 Å². The molecule has 1 amide bonds. The van der Waals surface area contributed by atoms with Crippen molar-refractivity contribution in [1.29, 1.82) is 0 Å². The Kier molecular flexibility index (Phi) is 3.76. The first-order valence-electron chi connectivity index (χ1n) is 8.17. The van der Waals surface area contributed by atoms with Crippen molar-refractivity contribution in [1.82, 2.24) is 9.97 Å². The van der Waals surface area contributed by atoms with Gasteiger partial charge in [0.05, 0.1) is 28.0 Å². The number of carboxylic acids is 1. The molecule has 130 valence electrons. The minimum Gasteiger partial charge on any atom is -0.506 e. The van der Waals surface area contributed by atoms with Crippen molar-refractivity contribution in [3.8, 4) is 5.75 Å². The Labute approximate surface area is 148 Å². The number of phenolic OH excluding ortho intramolecular Hbond substituents is 1. The third-order valence-electron chi connectivity index (χ3n) is 4.27. The number of nitrogens with zero attached hydrogens (tertiary/aromatic N) is 2. The first-order chi connectivity index (χ1) is 12.5. The van der Waals surface area contributed by atoms with Crippen molar-refractivity contribution in [2.24, 2.45) is 0 Å². The maximum atomic E-state index is 12.7. The molecule has 0 aliphatic heterocycles. The van der Waals surface area contributed by atoms with Crippen LogP contribution < -0.4 is 5.32 Å². The Bertz CT molecular complexity index is 1040. The van der Waals surface area contributed by atoms with Crippen LogP contribution in [0.2, 0.25) is 0 Å². The fourth-order valence-electron chi connectivity index (χ4n) is 2.77. The number of phenols is 1. The maximum Gasteiger partial charge on any atom is 0.335 e. The molecule has 1 aromatic heterocycles. The highest BCUT2D eigenvalue weighted by Crippen LogP contribution is 2.41. The number of aromatic carboxylic acids is 1. The molecule has 0 atom stereocenters. The second-order valence-electron chi connectivity index (χ2n) is 6.21. The van der Waals surface area contributed by atoms with E-state index >= 15 is 0 Å². The number of hydrogen-bond donors (Lipinski definition) is 3. The maximum absolute atomic E-state index is 12.7. The zero-order valence-corrected chi connectivity index (χ0v) is 13.6. The van der Waals surface area contributed by atoms with E-state index in [0.717, 1.165) is 24.4 Å². The Morgan fingerprint density at radius 2 is 1.73 bits per heavy atom. The van der Waals surface area contributed by atoms with Gasteiger partial charge < -0.3 is 15.5 Å². The number of aromatic nitrogens is 2. The molecular formula is C19H15N3O4. The van der Waals surface area contributed by atoms with E-state index in [2.05, 4.69) is 15.3 Å². The molecule has 1 saturated carbocycles. The summed E-state index contributed by atoms with van der Waals surface area (Å²) in [5, 5.41) is 21.5. The summed E-state index contributed by atoms with van der Waals surface area (Å²) in [5.41, 5.74) is 2.30. The van der Waals surface area contributed by atoms with Gasteiger partial charge in [-0.3, -0.25) is 4.79 Å². The topological polar surface area (TPSA) is 112 Å². The summed E-state index contributed by atoms with van der Waals surface area (Å²) in [6, 6.07) is 11.1. The number of nitrogens with one attached hydrogen (secondary N) is 1. The summed E-state index contributed by atoms with van der Waals surface area (Å²) >= 11 is 0. The average molecular weight is 349 g/mol. The number of carbonyl (C=O) groups is 2. The molecule has 0 bridgehead atoms. The lowest BCUT2D eigenvalue weighted by Crippen LogP contribution is -2.17. The van der Waals surface area contributed by atoms with Gasteiger partial charge in [-0.05, 0) is 43.2 Å². The molecule has 0 spiro atoms. The van der Waals surface area contributed by atoms with Gasteiger partial charge in [0.15, 0.2) is 5.69 Å². The Balaban J connectivity index is 1.70. The van der Waals surface area contributed by atoms with Gasteiger partial charge in [0.1, 0.15) is 5.75 Å². The van der Waals surface area contributed by atoms with Crippen LogP contribution in [0.15, 0.2) is 42.5 Å². The summed E-state index contributed by atoms with van der Waals surface area (Å²) in [4.78, 5) is 32.7. The quantitative estimate of drug-likeness (QED) is 0.624. The number of amides is 1. The fourth-order valence-corrected chi connectivity index (χ4v) is 2.77. The van der Waals surface area contributed by atoms with Crippen LogP contribution in [-0.4, -0.2) is 32.1 Å². The number of anilines is 1. The standard InChI is InChI=1S/C19H15N3O4/c23-15-9-11(19(25)26)7-8-14(15)22-18(24)17-16(10-5-6-10)20-12-3-1-2-4-13(12)21-17/h1-4,7-10,23H,5-6H2,(H,22,24)(H,25,26). The van der Waals surface area contributed by atoms with Crippen LogP contribution in [0.25, 0.3) is 11.0 Å². The van der Waals surface area contributed by atoms with Crippen LogP contribution in [-0.2, 0) is 0 Å². The fraction of sp³-hybridized carbons (Fsp3) is 0.158. The Hall–Kier alpha value is -3.48. The van der Waals surface area contributed by atoms with Gasteiger partial charge in [0.25, 0.3) is 5.91 Å². The van der Waals surface area contributed by atoms with Crippen molar-refractivity contribution in [3.63, 3.8) is 0 Å². The van der Waals surface area contributed by atoms with E-state index < -0.39 is 11.9 Å². The molecule has 1 aliphatic rings. The number of fused-ring (bicyclic) bond motifs is 1. The molecule has 2 aromatic carbocycles. The van der Waals surface area contributed by atoms with Gasteiger partial charge >= 0.3 is 5.97 Å². The third kappa shape index (κ3) is 2.95. The first-order valence-corrected chi connectivity index (χ1v) is 8.17. The predicted octanol–water partition coefficient (Wildman–Crippen LogP) is 3.16. The van der Waals surface area contributed by atoms with E-state index in [1.54, 1.807) is 6.07 Å².